The summed E-state index contributed by atoms with van der Waals surface area (Å²) in [5.74, 6) is -0.867. The Labute approximate surface area is 121 Å². The van der Waals surface area contributed by atoms with E-state index in [1.807, 2.05) is 13.8 Å². The molecule has 110 valence electrons. The zero-order valence-corrected chi connectivity index (χ0v) is 12.7. The Kier molecular flexibility index (Phi) is 4.07. The number of carbonyl (C=O) groups is 1. The molecule has 1 amide bonds. The fourth-order valence-corrected chi connectivity index (χ4v) is 3.50. The molecule has 20 heavy (non-hydrogen) atoms. The molecule has 1 aromatic carbocycles. The Morgan fingerprint density at radius 1 is 1.40 bits per heavy atom. The average Bonchev–Trinajstić information content (AvgIpc) is 2.66. The lowest BCUT2D eigenvalue weighted by Gasteiger charge is -2.21. The maximum Gasteiger partial charge on any atom is 0.264 e. The lowest BCUT2D eigenvalue weighted by Crippen LogP contribution is -2.34. The van der Waals surface area contributed by atoms with E-state index in [1.165, 1.54) is 6.07 Å². The molecule has 0 aromatic heterocycles. The fourth-order valence-electron chi connectivity index (χ4n) is 2.57. The van der Waals surface area contributed by atoms with Gasteiger partial charge in [-0.25, -0.2) is 12.8 Å². The Morgan fingerprint density at radius 2 is 2.05 bits per heavy atom. The number of benzene rings is 1. The van der Waals surface area contributed by atoms with Crippen molar-refractivity contribution in [3.63, 3.8) is 0 Å². The van der Waals surface area contributed by atoms with Crippen LogP contribution in [-0.4, -0.2) is 31.8 Å². The lowest BCUT2D eigenvalue weighted by atomic mass is 10.1. The molecule has 1 saturated heterocycles. The van der Waals surface area contributed by atoms with Gasteiger partial charge in [-0.2, -0.15) is 0 Å². The SMILES string of the molecule is CC1CC(C)N(C(=O)c2ccc(F)c(S(=O)(=O)Cl)c2)C1. The van der Waals surface area contributed by atoms with E-state index in [4.69, 9.17) is 10.7 Å². The highest BCUT2D eigenvalue weighted by Gasteiger charge is 2.31. The molecule has 2 atom stereocenters. The predicted octanol–water partition coefficient (Wildman–Crippen LogP) is 2.62. The van der Waals surface area contributed by atoms with Crippen molar-refractivity contribution in [1.29, 1.82) is 0 Å². The van der Waals surface area contributed by atoms with Gasteiger partial charge in [0.1, 0.15) is 10.7 Å². The van der Waals surface area contributed by atoms with Crippen molar-refractivity contribution in [1.82, 2.24) is 4.90 Å². The summed E-state index contributed by atoms with van der Waals surface area (Å²) in [6.07, 6.45) is 0.896. The smallest absolute Gasteiger partial charge is 0.264 e. The fraction of sp³-hybridized carbons (Fsp3) is 0.462. The van der Waals surface area contributed by atoms with Crippen LogP contribution in [0.4, 0.5) is 4.39 Å². The van der Waals surface area contributed by atoms with Crippen LogP contribution in [0, 0.1) is 11.7 Å². The molecule has 0 N–H and O–H groups in total. The molecule has 0 bridgehead atoms. The minimum absolute atomic E-state index is 0.0820. The molecule has 0 spiro atoms. The van der Waals surface area contributed by atoms with Crippen LogP contribution in [0.15, 0.2) is 23.1 Å². The first-order valence-corrected chi connectivity index (χ1v) is 8.56. The lowest BCUT2D eigenvalue weighted by molar-refractivity contribution is 0.0743. The third kappa shape index (κ3) is 2.96. The van der Waals surface area contributed by atoms with Gasteiger partial charge >= 0.3 is 0 Å². The summed E-state index contributed by atoms with van der Waals surface area (Å²) >= 11 is 0. The molecular formula is C13H15ClFNO3S. The van der Waals surface area contributed by atoms with Gasteiger partial charge in [0.25, 0.3) is 15.0 Å². The van der Waals surface area contributed by atoms with Gasteiger partial charge < -0.3 is 4.90 Å². The molecule has 2 unspecified atom stereocenters. The zero-order valence-electron chi connectivity index (χ0n) is 11.1. The minimum Gasteiger partial charge on any atom is -0.336 e. The highest BCUT2D eigenvalue weighted by molar-refractivity contribution is 8.13. The Balaban J connectivity index is 2.37. The maximum atomic E-state index is 13.5. The van der Waals surface area contributed by atoms with Gasteiger partial charge in [-0.3, -0.25) is 4.79 Å². The van der Waals surface area contributed by atoms with E-state index < -0.39 is 19.8 Å². The third-order valence-corrected chi connectivity index (χ3v) is 4.82. The van der Waals surface area contributed by atoms with E-state index >= 15 is 0 Å². The normalized spacial score (nSPS) is 23.1. The molecule has 4 nitrogen and oxygen atoms in total. The second kappa shape index (κ2) is 5.33. The van der Waals surface area contributed by atoms with E-state index in [0.29, 0.717) is 12.5 Å². The monoisotopic (exact) mass is 319 g/mol. The summed E-state index contributed by atoms with van der Waals surface area (Å²) in [7, 11) is 0.948. The minimum atomic E-state index is -4.21. The average molecular weight is 320 g/mol. The zero-order chi connectivity index (χ0) is 15.1. The summed E-state index contributed by atoms with van der Waals surface area (Å²) in [6, 6.07) is 3.31. The molecular weight excluding hydrogens is 305 g/mol. The predicted molar refractivity (Wildman–Crippen MR) is 73.7 cm³/mol. The summed E-state index contributed by atoms with van der Waals surface area (Å²) in [6.45, 7) is 4.59. The van der Waals surface area contributed by atoms with Gasteiger partial charge in [0.2, 0.25) is 0 Å². The highest BCUT2D eigenvalue weighted by Crippen LogP contribution is 2.26. The first-order chi connectivity index (χ1) is 9.20. The molecule has 2 rings (SSSR count). The number of hydrogen-bond donors (Lipinski definition) is 0. The van der Waals surface area contributed by atoms with Crippen molar-refractivity contribution >= 4 is 25.6 Å². The molecule has 1 fully saturated rings. The number of likely N-dealkylation sites (tertiary alicyclic amines) is 1. The molecule has 1 aliphatic heterocycles. The van der Waals surface area contributed by atoms with Crippen molar-refractivity contribution in [2.45, 2.75) is 31.2 Å². The van der Waals surface area contributed by atoms with Gasteiger partial charge in [-0.15, -0.1) is 0 Å². The number of hydrogen-bond acceptors (Lipinski definition) is 3. The topological polar surface area (TPSA) is 54.5 Å². The summed E-state index contributed by atoms with van der Waals surface area (Å²) in [4.78, 5) is 13.4. The van der Waals surface area contributed by atoms with Crippen LogP contribution < -0.4 is 0 Å². The van der Waals surface area contributed by atoms with Crippen LogP contribution >= 0.6 is 10.7 Å². The molecule has 0 radical (unpaired) electrons. The second-order valence-electron chi connectivity index (χ2n) is 5.23. The molecule has 1 aliphatic rings. The number of rotatable bonds is 2. The van der Waals surface area contributed by atoms with Crippen molar-refractivity contribution < 1.29 is 17.6 Å². The van der Waals surface area contributed by atoms with Gasteiger partial charge in [0, 0.05) is 28.8 Å². The summed E-state index contributed by atoms with van der Waals surface area (Å²) in [5, 5.41) is 0. The van der Waals surface area contributed by atoms with Crippen molar-refractivity contribution in [3.8, 4) is 0 Å². The van der Waals surface area contributed by atoms with Crippen LogP contribution in [-0.2, 0) is 9.05 Å². The molecule has 1 aromatic rings. The van der Waals surface area contributed by atoms with E-state index in [9.17, 15) is 17.6 Å². The Morgan fingerprint density at radius 3 is 2.55 bits per heavy atom. The summed E-state index contributed by atoms with van der Waals surface area (Å²) < 4.78 is 36.0. The molecule has 0 aliphatic carbocycles. The Hall–Kier alpha value is -1.14. The van der Waals surface area contributed by atoms with Gasteiger partial charge in [0.05, 0.1) is 0 Å². The third-order valence-electron chi connectivity index (χ3n) is 3.49. The maximum absolute atomic E-state index is 13.5. The molecule has 7 heteroatoms. The van der Waals surface area contributed by atoms with E-state index in [0.717, 1.165) is 18.6 Å². The van der Waals surface area contributed by atoms with Crippen LogP contribution in [0.25, 0.3) is 0 Å². The van der Waals surface area contributed by atoms with Crippen LogP contribution in [0.1, 0.15) is 30.6 Å². The van der Waals surface area contributed by atoms with Crippen molar-refractivity contribution in [2.24, 2.45) is 5.92 Å². The van der Waals surface area contributed by atoms with E-state index in [1.54, 1.807) is 4.90 Å². The number of nitrogens with zero attached hydrogens (tertiary/aromatic N) is 1. The van der Waals surface area contributed by atoms with Gasteiger partial charge in [-0.05, 0) is 37.5 Å². The standard InChI is InChI=1S/C13H15ClFNO3S/c1-8-5-9(2)16(7-8)13(17)10-3-4-11(15)12(6-10)20(14,18)19/h3-4,6,8-9H,5,7H2,1-2H3. The first kappa shape index (κ1) is 15.3. The van der Waals surface area contributed by atoms with E-state index in [-0.39, 0.29) is 17.5 Å². The van der Waals surface area contributed by atoms with Crippen LogP contribution in [0.3, 0.4) is 0 Å². The quantitative estimate of drug-likeness (QED) is 0.787. The van der Waals surface area contributed by atoms with Crippen LogP contribution in [0.2, 0.25) is 0 Å². The number of carbonyl (C=O) groups excluding carboxylic acids is 1. The highest BCUT2D eigenvalue weighted by atomic mass is 35.7. The Bertz CT molecular complexity index is 647. The second-order valence-corrected chi connectivity index (χ2v) is 7.76. The summed E-state index contributed by atoms with van der Waals surface area (Å²) in [5.41, 5.74) is 0.131. The van der Waals surface area contributed by atoms with Gasteiger partial charge in [-0.1, -0.05) is 6.92 Å². The van der Waals surface area contributed by atoms with E-state index in [2.05, 4.69) is 0 Å². The first-order valence-electron chi connectivity index (χ1n) is 6.25. The molecule has 1 heterocycles. The van der Waals surface area contributed by atoms with Crippen LogP contribution in [0.5, 0.6) is 0 Å². The largest absolute Gasteiger partial charge is 0.336 e. The molecule has 0 saturated carbocycles. The van der Waals surface area contributed by atoms with Crippen molar-refractivity contribution in [2.75, 3.05) is 6.54 Å². The van der Waals surface area contributed by atoms with Gasteiger partial charge in [0.15, 0.2) is 0 Å². The van der Waals surface area contributed by atoms with Crippen molar-refractivity contribution in [3.05, 3.63) is 29.6 Å². The number of halogens is 2. The number of amides is 1.